The summed E-state index contributed by atoms with van der Waals surface area (Å²) >= 11 is 0. The van der Waals surface area contributed by atoms with Crippen molar-refractivity contribution in [3.05, 3.63) is 62.9 Å². The molecule has 1 aromatic heterocycles. The van der Waals surface area contributed by atoms with Gasteiger partial charge in [-0.1, -0.05) is 31.2 Å². The Labute approximate surface area is 196 Å². The number of aromatic nitrogens is 1. The number of H-pyrrole nitrogens is 1. The highest BCUT2D eigenvalue weighted by atomic mass is 16.3. The van der Waals surface area contributed by atoms with Crippen molar-refractivity contribution < 1.29 is 9.90 Å². The summed E-state index contributed by atoms with van der Waals surface area (Å²) in [5, 5.41) is 9.23. The number of aliphatic hydroxyl groups is 1. The van der Waals surface area contributed by atoms with Gasteiger partial charge in [-0.15, -0.1) is 0 Å². The van der Waals surface area contributed by atoms with Gasteiger partial charge in [-0.2, -0.15) is 0 Å². The number of fused-ring (bicyclic) bond motifs is 3. The number of hydrogen-bond acceptors (Lipinski definition) is 4. The van der Waals surface area contributed by atoms with Crippen LogP contribution in [0.3, 0.4) is 0 Å². The maximum atomic E-state index is 12.8. The summed E-state index contributed by atoms with van der Waals surface area (Å²) in [5.74, 6) is 1.43. The van der Waals surface area contributed by atoms with Crippen molar-refractivity contribution >= 4 is 11.6 Å². The van der Waals surface area contributed by atoms with Gasteiger partial charge in [-0.3, -0.25) is 9.59 Å². The van der Waals surface area contributed by atoms with E-state index in [-0.39, 0.29) is 35.2 Å². The molecule has 1 aromatic carbocycles. The Kier molecular flexibility index (Phi) is 6.17. The second-order valence-corrected chi connectivity index (χ2v) is 10.5. The number of anilines is 1. The van der Waals surface area contributed by atoms with Gasteiger partial charge < -0.3 is 15.0 Å². The molecule has 1 saturated heterocycles. The van der Waals surface area contributed by atoms with Crippen molar-refractivity contribution in [1.82, 2.24) is 4.98 Å². The van der Waals surface area contributed by atoms with Crippen LogP contribution in [0.25, 0.3) is 0 Å². The van der Waals surface area contributed by atoms with Crippen LogP contribution in [0.15, 0.2) is 35.1 Å². The molecule has 3 aliphatic rings. The van der Waals surface area contributed by atoms with Gasteiger partial charge in [0.05, 0.1) is 0 Å². The van der Waals surface area contributed by atoms with Crippen molar-refractivity contribution in [3.8, 4) is 0 Å². The lowest BCUT2D eigenvalue weighted by Gasteiger charge is -2.41. The van der Waals surface area contributed by atoms with E-state index in [1.165, 1.54) is 23.1 Å². The van der Waals surface area contributed by atoms with Crippen LogP contribution >= 0.6 is 0 Å². The Hall–Kier alpha value is -2.40. The number of Topliss-reactive ketones (excluding diaryl/α,β-unsaturated/α-hetero) is 1. The number of hydrogen-bond donors (Lipinski definition) is 2. The van der Waals surface area contributed by atoms with Crippen LogP contribution in [-0.4, -0.2) is 35.6 Å². The second-order valence-electron chi connectivity index (χ2n) is 10.5. The van der Waals surface area contributed by atoms with Crippen molar-refractivity contribution in [2.45, 2.75) is 76.0 Å². The normalized spacial score (nSPS) is 22.1. The summed E-state index contributed by atoms with van der Waals surface area (Å²) < 4.78 is 0. The van der Waals surface area contributed by atoms with Gasteiger partial charge in [0.25, 0.3) is 5.56 Å². The third-order valence-corrected chi connectivity index (χ3v) is 8.57. The standard InChI is InChI=1S/C28H36N2O3/c1-19(10-15-31)25(32)16-21-18-28(24-9-5-4-7-22(21)24)11-13-30(14-12-28)26-17-20-6-2-3-8-23(20)27(33)29-26/h4-5,7,9,17,19,21,31H,2-3,6,8,10-16,18H2,1H3,(H,29,33). The summed E-state index contributed by atoms with van der Waals surface area (Å²) in [7, 11) is 0. The fourth-order valence-corrected chi connectivity index (χ4v) is 6.57. The molecule has 33 heavy (non-hydrogen) atoms. The zero-order valence-electron chi connectivity index (χ0n) is 19.7. The van der Waals surface area contributed by atoms with Crippen molar-refractivity contribution in [2.24, 2.45) is 5.92 Å². The van der Waals surface area contributed by atoms with E-state index < -0.39 is 0 Å². The van der Waals surface area contributed by atoms with E-state index in [0.717, 1.165) is 63.0 Å². The molecule has 1 fully saturated rings. The largest absolute Gasteiger partial charge is 0.396 e. The van der Waals surface area contributed by atoms with Crippen molar-refractivity contribution in [1.29, 1.82) is 0 Å². The Bertz CT molecular complexity index is 1080. The minimum absolute atomic E-state index is 0.0682. The Morgan fingerprint density at radius 3 is 2.76 bits per heavy atom. The van der Waals surface area contributed by atoms with Crippen LogP contribution in [0.2, 0.25) is 0 Å². The van der Waals surface area contributed by atoms with Gasteiger partial charge in [0.2, 0.25) is 0 Å². The van der Waals surface area contributed by atoms with Crippen LogP contribution in [-0.2, 0) is 23.1 Å². The number of aliphatic hydroxyl groups excluding tert-OH is 1. The van der Waals surface area contributed by atoms with E-state index in [4.69, 9.17) is 0 Å². The summed E-state index contributed by atoms with van der Waals surface area (Å²) in [6.07, 6.45) is 8.44. The molecule has 5 rings (SSSR count). The molecule has 1 spiro atoms. The third-order valence-electron chi connectivity index (χ3n) is 8.57. The molecule has 176 valence electrons. The number of nitrogens with one attached hydrogen (secondary N) is 1. The SMILES string of the molecule is CC(CCO)C(=O)CC1CC2(CCN(c3cc4c(c(=O)[nH]3)CCCC4)CC2)c2ccccc21. The molecule has 2 aromatic rings. The molecule has 5 nitrogen and oxygen atoms in total. The lowest BCUT2D eigenvalue weighted by molar-refractivity contribution is -0.123. The minimum Gasteiger partial charge on any atom is -0.396 e. The van der Waals surface area contributed by atoms with Crippen LogP contribution in [0.4, 0.5) is 5.82 Å². The monoisotopic (exact) mass is 448 g/mol. The first-order valence-corrected chi connectivity index (χ1v) is 12.7. The lowest BCUT2D eigenvalue weighted by Crippen LogP contribution is -2.42. The van der Waals surface area contributed by atoms with E-state index in [1.807, 2.05) is 6.92 Å². The average Bonchev–Trinajstić information content (AvgIpc) is 3.12. The van der Waals surface area contributed by atoms with Crippen molar-refractivity contribution in [2.75, 3.05) is 24.6 Å². The van der Waals surface area contributed by atoms with Gasteiger partial charge in [0.1, 0.15) is 11.6 Å². The fraction of sp³-hybridized carbons (Fsp3) is 0.571. The average molecular weight is 449 g/mol. The first-order valence-electron chi connectivity index (χ1n) is 12.7. The third kappa shape index (κ3) is 4.16. The molecule has 0 amide bonds. The Morgan fingerprint density at radius 2 is 1.97 bits per heavy atom. The predicted molar refractivity (Wildman–Crippen MR) is 131 cm³/mol. The molecule has 0 saturated carbocycles. The molecular formula is C28H36N2O3. The number of ketones is 1. The molecule has 0 bridgehead atoms. The highest BCUT2D eigenvalue weighted by Crippen LogP contribution is 2.53. The first kappa shape index (κ1) is 22.4. The molecule has 0 radical (unpaired) electrons. The topological polar surface area (TPSA) is 73.4 Å². The van der Waals surface area contributed by atoms with Crippen LogP contribution in [0, 0.1) is 5.92 Å². The maximum Gasteiger partial charge on any atom is 0.252 e. The van der Waals surface area contributed by atoms with Gasteiger partial charge in [-0.25, -0.2) is 0 Å². The molecule has 2 unspecified atom stereocenters. The highest BCUT2D eigenvalue weighted by molar-refractivity contribution is 5.81. The number of pyridine rings is 1. The minimum atomic E-state index is -0.0820. The molecule has 5 heteroatoms. The summed E-state index contributed by atoms with van der Waals surface area (Å²) in [6.45, 7) is 3.85. The zero-order valence-corrected chi connectivity index (χ0v) is 19.7. The van der Waals surface area contributed by atoms with E-state index >= 15 is 0 Å². The number of nitrogens with zero attached hydrogens (tertiary/aromatic N) is 1. The van der Waals surface area contributed by atoms with Crippen molar-refractivity contribution in [3.63, 3.8) is 0 Å². The van der Waals surface area contributed by atoms with E-state index in [9.17, 15) is 14.7 Å². The number of aryl methyl sites for hydroxylation is 1. The van der Waals surface area contributed by atoms with Gasteiger partial charge in [-0.05, 0) is 85.5 Å². The quantitative estimate of drug-likeness (QED) is 0.693. The van der Waals surface area contributed by atoms with E-state index in [2.05, 4.69) is 40.2 Å². The fourth-order valence-electron chi connectivity index (χ4n) is 6.57. The van der Waals surface area contributed by atoms with Crippen LogP contribution in [0.5, 0.6) is 0 Å². The summed E-state index contributed by atoms with van der Waals surface area (Å²) in [4.78, 5) is 31.0. The Balaban J connectivity index is 1.33. The van der Waals surface area contributed by atoms with E-state index in [0.29, 0.717) is 12.8 Å². The second kappa shape index (κ2) is 9.09. The maximum absolute atomic E-state index is 12.8. The van der Waals surface area contributed by atoms with Crippen LogP contribution in [0.1, 0.15) is 80.0 Å². The molecule has 2 atom stereocenters. The van der Waals surface area contributed by atoms with Crippen LogP contribution < -0.4 is 10.5 Å². The number of carbonyl (C=O) groups excluding carboxylic acids is 1. The number of aromatic amines is 1. The smallest absolute Gasteiger partial charge is 0.252 e. The van der Waals surface area contributed by atoms with E-state index in [1.54, 1.807) is 0 Å². The first-order chi connectivity index (χ1) is 16.0. The molecule has 2 heterocycles. The lowest BCUT2D eigenvalue weighted by atomic mass is 9.73. The highest BCUT2D eigenvalue weighted by Gasteiger charge is 2.46. The zero-order chi connectivity index (χ0) is 23.0. The molecule has 2 N–H and O–H groups in total. The predicted octanol–water partition coefficient (Wildman–Crippen LogP) is 4.26. The summed E-state index contributed by atoms with van der Waals surface area (Å²) in [5.41, 5.74) is 5.22. The molecule has 1 aliphatic heterocycles. The number of rotatable bonds is 6. The molecule has 2 aliphatic carbocycles. The number of carbonyl (C=O) groups is 1. The number of benzene rings is 1. The Morgan fingerprint density at radius 1 is 1.21 bits per heavy atom. The number of piperidine rings is 1. The molecular weight excluding hydrogens is 412 g/mol. The van der Waals surface area contributed by atoms with Gasteiger partial charge in [0, 0.05) is 37.6 Å². The summed E-state index contributed by atoms with van der Waals surface area (Å²) in [6, 6.07) is 10.9. The van der Waals surface area contributed by atoms with Gasteiger partial charge in [0.15, 0.2) is 0 Å². The van der Waals surface area contributed by atoms with Gasteiger partial charge >= 0.3 is 0 Å².